The number of amides is 1. The number of carbonyl (C=O) groups is 1. The lowest BCUT2D eigenvalue weighted by Gasteiger charge is -2.39. The molecule has 0 spiro atoms. The zero-order valence-corrected chi connectivity index (χ0v) is 11.3. The fourth-order valence-corrected chi connectivity index (χ4v) is 3.33. The van der Waals surface area contributed by atoms with Crippen molar-refractivity contribution < 1.29 is 4.79 Å². The first-order chi connectivity index (χ1) is 8.04. The van der Waals surface area contributed by atoms with Gasteiger partial charge < -0.3 is 11.1 Å². The van der Waals surface area contributed by atoms with Crippen molar-refractivity contribution in [2.75, 3.05) is 6.54 Å². The van der Waals surface area contributed by atoms with Crippen LogP contribution in [0.4, 0.5) is 0 Å². The van der Waals surface area contributed by atoms with Gasteiger partial charge >= 0.3 is 0 Å². The summed E-state index contributed by atoms with van der Waals surface area (Å²) >= 11 is 5.04. The minimum absolute atomic E-state index is 0.0656. The van der Waals surface area contributed by atoms with Crippen LogP contribution >= 0.6 is 12.2 Å². The highest BCUT2D eigenvalue weighted by molar-refractivity contribution is 7.80. The molecule has 2 unspecified atom stereocenters. The van der Waals surface area contributed by atoms with E-state index in [2.05, 4.69) is 12.2 Å². The number of hydrogen-bond acceptors (Lipinski definition) is 2. The largest absolute Gasteiger partial charge is 0.392 e. The smallest absolute Gasteiger partial charge is 0.233 e. The van der Waals surface area contributed by atoms with Gasteiger partial charge in [-0.05, 0) is 37.5 Å². The van der Waals surface area contributed by atoms with Crippen LogP contribution in [0.15, 0.2) is 0 Å². The maximum atomic E-state index is 12.1. The predicted molar refractivity (Wildman–Crippen MR) is 72.6 cm³/mol. The van der Waals surface area contributed by atoms with E-state index in [1.807, 2.05) is 0 Å². The van der Waals surface area contributed by atoms with Gasteiger partial charge in [0.2, 0.25) is 5.91 Å². The predicted octanol–water partition coefficient (Wildman–Crippen LogP) is 2.00. The molecule has 3 nitrogen and oxygen atoms in total. The SMILES string of the molecule is CC1CCC(CNC(=O)C2(C(N)=S)CCC2)C1. The van der Waals surface area contributed by atoms with Crippen LogP contribution in [-0.2, 0) is 4.79 Å². The summed E-state index contributed by atoms with van der Waals surface area (Å²) in [6.07, 6.45) is 6.48. The highest BCUT2D eigenvalue weighted by atomic mass is 32.1. The first kappa shape index (κ1) is 12.8. The van der Waals surface area contributed by atoms with E-state index in [1.165, 1.54) is 19.3 Å². The third kappa shape index (κ3) is 2.46. The fourth-order valence-electron chi connectivity index (χ4n) is 3.03. The van der Waals surface area contributed by atoms with E-state index in [0.717, 1.165) is 31.7 Å². The third-order valence-corrected chi connectivity index (χ3v) is 4.86. The first-order valence-electron chi connectivity index (χ1n) is 6.63. The van der Waals surface area contributed by atoms with Gasteiger partial charge in [0.25, 0.3) is 0 Å². The minimum atomic E-state index is -0.514. The molecular weight excluding hydrogens is 232 g/mol. The Labute approximate surface area is 109 Å². The fraction of sp³-hybridized carbons (Fsp3) is 0.846. The maximum absolute atomic E-state index is 12.1. The number of carbonyl (C=O) groups excluding carboxylic acids is 1. The third-order valence-electron chi connectivity index (χ3n) is 4.47. The van der Waals surface area contributed by atoms with Crippen LogP contribution < -0.4 is 11.1 Å². The van der Waals surface area contributed by atoms with Crippen LogP contribution in [-0.4, -0.2) is 17.4 Å². The van der Waals surface area contributed by atoms with E-state index in [9.17, 15) is 4.79 Å². The van der Waals surface area contributed by atoms with Crippen molar-refractivity contribution in [1.29, 1.82) is 0 Å². The van der Waals surface area contributed by atoms with Crippen LogP contribution in [0, 0.1) is 17.3 Å². The van der Waals surface area contributed by atoms with Crippen LogP contribution in [0.2, 0.25) is 0 Å². The first-order valence-corrected chi connectivity index (χ1v) is 7.03. The van der Waals surface area contributed by atoms with Crippen molar-refractivity contribution in [3.05, 3.63) is 0 Å². The summed E-state index contributed by atoms with van der Waals surface area (Å²) < 4.78 is 0. The summed E-state index contributed by atoms with van der Waals surface area (Å²) in [6.45, 7) is 3.08. The lowest BCUT2D eigenvalue weighted by molar-refractivity contribution is -0.131. The van der Waals surface area contributed by atoms with Crippen molar-refractivity contribution >= 4 is 23.1 Å². The summed E-state index contributed by atoms with van der Waals surface area (Å²) in [5.74, 6) is 1.53. The molecule has 0 saturated heterocycles. The Morgan fingerprint density at radius 1 is 1.47 bits per heavy atom. The molecule has 2 fully saturated rings. The molecule has 2 aliphatic rings. The van der Waals surface area contributed by atoms with Crippen LogP contribution in [0.25, 0.3) is 0 Å². The Morgan fingerprint density at radius 3 is 2.59 bits per heavy atom. The zero-order chi connectivity index (χ0) is 12.5. The number of rotatable bonds is 4. The Balaban J connectivity index is 1.83. The average Bonchev–Trinajstić information content (AvgIpc) is 2.59. The monoisotopic (exact) mass is 254 g/mol. The van der Waals surface area contributed by atoms with Gasteiger partial charge in [-0.1, -0.05) is 32.0 Å². The molecule has 2 atom stereocenters. The second-order valence-corrected chi connectivity index (χ2v) is 6.23. The van der Waals surface area contributed by atoms with Gasteiger partial charge in [-0.3, -0.25) is 4.79 Å². The highest BCUT2D eigenvalue weighted by Gasteiger charge is 2.46. The molecule has 96 valence electrons. The van der Waals surface area contributed by atoms with E-state index >= 15 is 0 Å². The Hall–Kier alpha value is -0.640. The van der Waals surface area contributed by atoms with E-state index in [0.29, 0.717) is 10.9 Å². The molecule has 4 heteroatoms. The van der Waals surface area contributed by atoms with Crippen molar-refractivity contribution in [2.45, 2.75) is 45.4 Å². The number of nitrogens with one attached hydrogen (secondary N) is 1. The minimum Gasteiger partial charge on any atom is -0.392 e. The molecule has 0 radical (unpaired) electrons. The molecule has 0 aromatic carbocycles. The highest BCUT2D eigenvalue weighted by Crippen LogP contribution is 2.41. The van der Waals surface area contributed by atoms with Crippen molar-refractivity contribution in [3.8, 4) is 0 Å². The Kier molecular flexibility index (Phi) is 3.71. The lowest BCUT2D eigenvalue weighted by Crippen LogP contribution is -2.53. The second kappa shape index (κ2) is 4.92. The molecule has 0 aliphatic heterocycles. The van der Waals surface area contributed by atoms with Gasteiger partial charge in [0.15, 0.2) is 0 Å². The molecular formula is C13H22N2OS. The van der Waals surface area contributed by atoms with Gasteiger partial charge in [-0.15, -0.1) is 0 Å². The standard InChI is InChI=1S/C13H22N2OS/c1-9-3-4-10(7-9)8-15-12(16)13(11(14)17)5-2-6-13/h9-10H,2-8H2,1H3,(H2,14,17)(H,15,16). The summed E-state index contributed by atoms with van der Waals surface area (Å²) in [7, 11) is 0. The van der Waals surface area contributed by atoms with Gasteiger partial charge in [-0.2, -0.15) is 0 Å². The van der Waals surface area contributed by atoms with E-state index < -0.39 is 5.41 Å². The van der Waals surface area contributed by atoms with Gasteiger partial charge in [-0.25, -0.2) is 0 Å². The van der Waals surface area contributed by atoms with Crippen molar-refractivity contribution in [1.82, 2.24) is 5.32 Å². The Morgan fingerprint density at radius 2 is 2.18 bits per heavy atom. The summed E-state index contributed by atoms with van der Waals surface area (Å²) in [5, 5.41) is 3.06. The maximum Gasteiger partial charge on any atom is 0.233 e. The van der Waals surface area contributed by atoms with Gasteiger partial charge in [0, 0.05) is 6.54 Å². The van der Waals surface area contributed by atoms with Crippen molar-refractivity contribution in [2.24, 2.45) is 23.0 Å². The van der Waals surface area contributed by atoms with Crippen LogP contribution in [0.3, 0.4) is 0 Å². The topological polar surface area (TPSA) is 55.1 Å². The average molecular weight is 254 g/mol. The molecule has 1 amide bonds. The number of thiocarbonyl (C=S) groups is 1. The molecule has 2 aliphatic carbocycles. The molecule has 0 bridgehead atoms. The molecule has 17 heavy (non-hydrogen) atoms. The lowest BCUT2D eigenvalue weighted by atomic mass is 9.68. The van der Waals surface area contributed by atoms with Gasteiger partial charge in [0.05, 0.1) is 10.4 Å². The quantitative estimate of drug-likeness (QED) is 0.754. The number of hydrogen-bond donors (Lipinski definition) is 2. The van der Waals surface area contributed by atoms with E-state index in [1.54, 1.807) is 0 Å². The molecule has 0 heterocycles. The number of nitrogens with two attached hydrogens (primary N) is 1. The van der Waals surface area contributed by atoms with E-state index in [4.69, 9.17) is 18.0 Å². The van der Waals surface area contributed by atoms with Crippen molar-refractivity contribution in [3.63, 3.8) is 0 Å². The normalized spacial score (nSPS) is 30.6. The van der Waals surface area contributed by atoms with Crippen LogP contribution in [0.1, 0.15) is 45.4 Å². The Bertz CT molecular complexity index is 325. The molecule has 0 aromatic rings. The molecule has 2 rings (SSSR count). The second-order valence-electron chi connectivity index (χ2n) is 5.79. The van der Waals surface area contributed by atoms with Crippen LogP contribution in [0.5, 0.6) is 0 Å². The summed E-state index contributed by atoms with van der Waals surface area (Å²) in [6, 6.07) is 0. The molecule has 3 N–H and O–H groups in total. The zero-order valence-electron chi connectivity index (χ0n) is 10.5. The van der Waals surface area contributed by atoms with E-state index in [-0.39, 0.29) is 5.91 Å². The van der Waals surface area contributed by atoms with Gasteiger partial charge in [0.1, 0.15) is 0 Å². The molecule has 0 aromatic heterocycles. The molecule has 2 saturated carbocycles. The summed E-state index contributed by atoms with van der Waals surface area (Å²) in [4.78, 5) is 12.5. The summed E-state index contributed by atoms with van der Waals surface area (Å²) in [5.41, 5.74) is 5.20.